The van der Waals surface area contributed by atoms with Crippen LogP contribution in [0.25, 0.3) is 0 Å². The molecule has 118 valence electrons. The highest BCUT2D eigenvalue weighted by Gasteiger charge is 2.57. The number of hydrogen-bond acceptors (Lipinski definition) is 4. The van der Waals surface area contributed by atoms with Gasteiger partial charge in [-0.2, -0.15) is 15.8 Å². The molecule has 0 spiro atoms. The Bertz CT molecular complexity index is 818. The summed E-state index contributed by atoms with van der Waals surface area (Å²) >= 11 is 5.97. The van der Waals surface area contributed by atoms with Crippen molar-refractivity contribution in [2.45, 2.75) is 25.2 Å². The smallest absolute Gasteiger partial charge is 0.189 e. The van der Waals surface area contributed by atoms with Crippen molar-refractivity contribution < 1.29 is 0 Å². The van der Waals surface area contributed by atoms with Gasteiger partial charge in [-0.1, -0.05) is 29.8 Å². The Labute approximate surface area is 146 Å². The molecule has 0 heterocycles. The minimum atomic E-state index is -1.62. The van der Waals surface area contributed by atoms with E-state index in [0.29, 0.717) is 5.02 Å². The van der Waals surface area contributed by atoms with Crippen molar-refractivity contribution in [2.24, 2.45) is 17.3 Å². The standard InChI is InChI=1S/C19H15ClN4/c20-13-7-5-12(6-8-13)17-15-4-2-1-3-14(15)16(9-21)18(24)19(17,10-22)11-23/h3,5-8,15-17,24H,1-2,4H2/t15-,16+,17-/m1/s1. The molecule has 0 radical (unpaired) electrons. The summed E-state index contributed by atoms with van der Waals surface area (Å²) in [6, 6.07) is 13.4. The van der Waals surface area contributed by atoms with Crippen LogP contribution >= 0.6 is 11.6 Å². The highest BCUT2D eigenvalue weighted by Crippen LogP contribution is 2.55. The fourth-order valence-electron chi connectivity index (χ4n) is 4.06. The molecule has 1 aromatic carbocycles. The Morgan fingerprint density at radius 3 is 2.38 bits per heavy atom. The van der Waals surface area contributed by atoms with E-state index in [-0.39, 0.29) is 11.6 Å². The van der Waals surface area contributed by atoms with E-state index in [0.717, 1.165) is 30.4 Å². The number of nitrogens with zero attached hydrogens (tertiary/aromatic N) is 3. The molecule has 0 saturated heterocycles. The van der Waals surface area contributed by atoms with Crippen LogP contribution in [-0.2, 0) is 0 Å². The number of benzene rings is 1. The van der Waals surface area contributed by atoms with E-state index in [9.17, 15) is 15.8 Å². The van der Waals surface area contributed by atoms with E-state index in [1.807, 2.05) is 18.2 Å². The van der Waals surface area contributed by atoms with Gasteiger partial charge in [-0.15, -0.1) is 0 Å². The molecule has 2 aliphatic rings. The van der Waals surface area contributed by atoms with Gasteiger partial charge in [0.05, 0.1) is 23.9 Å². The number of rotatable bonds is 1. The third-order valence-electron chi connectivity index (χ3n) is 5.15. The molecule has 0 aromatic heterocycles. The summed E-state index contributed by atoms with van der Waals surface area (Å²) < 4.78 is 0. The lowest BCUT2D eigenvalue weighted by molar-refractivity contribution is 0.320. The first-order valence-electron chi connectivity index (χ1n) is 7.85. The maximum absolute atomic E-state index is 9.83. The second-order valence-electron chi connectivity index (χ2n) is 6.28. The predicted octanol–water partition coefficient (Wildman–Crippen LogP) is 4.36. The Hall–Kier alpha value is -2.61. The molecule has 0 amide bonds. The average molecular weight is 335 g/mol. The number of allylic oxidation sites excluding steroid dienone is 2. The summed E-state index contributed by atoms with van der Waals surface area (Å²) in [4.78, 5) is 0. The van der Waals surface area contributed by atoms with Gasteiger partial charge >= 0.3 is 0 Å². The van der Waals surface area contributed by atoms with Gasteiger partial charge < -0.3 is 5.41 Å². The SMILES string of the molecule is N#C[C@@H]1C(=N)C(C#N)(C#N)[C@H](c2ccc(Cl)cc2)[C@@H]2CCCC=C12. The molecular weight excluding hydrogens is 320 g/mol. The largest absolute Gasteiger partial charge is 0.305 e. The lowest BCUT2D eigenvalue weighted by atomic mass is 9.53. The topological polar surface area (TPSA) is 95.2 Å². The highest BCUT2D eigenvalue weighted by atomic mass is 35.5. The average Bonchev–Trinajstić information content (AvgIpc) is 2.62. The van der Waals surface area contributed by atoms with Crippen LogP contribution in [0.3, 0.4) is 0 Å². The Morgan fingerprint density at radius 1 is 1.12 bits per heavy atom. The quantitative estimate of drug-likeness (QED) is 0.773. The van der Waals surface area contributed by atoms with Crippen molar-refractivity contribution in [1.29, 1.82) is 21.2 Å². The third kappa shape index (κ3) is 2.22. The van der Waals surface area contributed by atoms with Gasteiger partial charge in [0.2, 0.25) is 0 Å². The van der Waals surface area contributed by atoms with Gasteiger partial charge in [0.15, 0.2) is 5.41 Å². The normalized spacial score (nSPS) is 27.8. The van der Waals surface area contributed by atoms with Crippen LogP contribution in [0.15, 0.2) is 35.9 Å². The highest BCUT2D eigenvalue weighted by molar-refractivity contribution is 6.30. The number of hydrogen-bond donors (Lipinski definition) is 1. The van der Waals surface area contributed by atoms with Crippen molar-refractivity contribution >= 4 is 17.3 Å². The van der Waals surface area contributed by atoms with E-state index < -0.39 is 17.3 Å². The summed E-state index contributed by atoms with van der Waals surface area (Å²) in [6.07, 6.45) is 4.67. The predicted molar refractivity (Wildman–Crippen MR) is 90.1 cm³/mol. The van der Waals surface area contributed by atoms with Gasteiger partial charge in [0, 0.05) is 10.9 Å². The summed E-state index contributed by atoms with van der Waals surface area (Å²) in [6.45, 7) is 0. The van der Waals surface area contributed by atoms with Crippen LogP contribution in [0, 0.1) is 56.7 Å². The van der Waals surface area contributed by atoms with E-state index in [1.54, 1.807) is 12.1 Å². The number of halogens is 1. The zero-order valence-corrected chi connectivity index (χ0v) is 13.7. The molecule has 0 bridgehead atoms. The Morgan fingerprint density at radius 2 is 1.79 bits per heavy atom. The van der Waals surface area contributed by atoms with Gasteiger partial charge in [-0.3, -0.25) is 0 Å². The first kappa shape index (κ1) is 16.3. The van der Waals surface area contributed by atoms with Crippen LogP contribution < -0.4 is 0 Å². The van der Waals surface area contributed by atoms with Gasteiger partial charge in [-0.25, -0.2) is 0 Å². The lowest BCUT2D eigenvalue weighted by Gasteiger charge is -2.45. The molecule has 24 heavy (non-hydrogen) atoms. The zero-order chi connectivity index (χ0) is 17.3. The number of nitrogens with one attached hydrogen (secondary N) is 1. The Balaban J connectivity index is 2.24. The van der Waals surface area contributed by atoms with Crippen LogP contribution in [0.2, 0.25) is 5.02 Å². The van der Waals surface area contributed by atoms with Crippen molar-refractivity contribution in [3.8, 4) is 18.2 Å². The Kier molecular flexibility index (Phi) is 4.15. The summed E-state index contributed by atoms with van der Waals surface area (Å²) in [5, 5.41) is 38.3. The summed E-state index contributed by atoms with van der Waals surface area (Å²) in [5.74, 6) is -1.30. The van der Waals surface area contributed by atoms with Gasteiger partial charge in [0.1, 0.15) is 5.92 Å². The fraction of sp³-hybridized carbons (Fsp3) is 0.368. The van der Waals surface area contributed by atoms with Crippen LogP contribution in [0.1, 0.15) is 30.7 Å². The van der Waals surface area contributed by atoms with Crippen LogP contribution in [-0.4, -0.2) is 5.71 Å². The number of nitriles is 3. The maximum atomic E-state index is 9.83. The third-order valence-corrected chi connectivity index (χ3v) is 5.41. The molecule has 3 atom stereocenters. The summed E-state index contributed by atoms with van der Waals surface area (Å²) in [7, 11) is 0. The lowest BCUT2D eigenvalue weighted by Crippen LogP contribution is -2.48. The molecule has 4 nitrogen and oxygen atoms in total. The van der Waals surface area contributed by atoms with E-state index in [2.05, 4.69) is 18.2 Å². The molecule has 5 heteroatoms. The molecule has 0 aliphatic heterocycles. The van der Waals surface area contributed by atoms with Crippen molar-refractivity contribution in [3.05, 3.63) is 46.5 Å². The summed E-state index contributed by atoms with van der Waals surface area (Å²) in [5.41, 5.74) is 0.00345. The van der Waals surface area contributed by atoms with Crippen LogP contribution in [0.4, 0.5) is 0 Å². The molecular formula is C19H15ClN4. The first-order chi connectivity index (χ1) is 11.6. The van der Waals surface area contributed by atoms with E-state index in [4.69, 9.17) is 17.0 Å². The molecule has 1 aromatic rings. The molecule has 1 N–H and O–H groups in total. The molecule has 3 rings (SSSR count). The molecule has 2 aliphatic carbocycles. The van der Waals surface area contributed by atoms with E-state index in [1.165, 1.54) is 0 Å². The molecule has 0 unspecified atom stereocenters. The maximum Gasteiger partial charge on any atom is 0.189 e. The first-order valence-corrected chi connectivity index (χ1v) is 8.23. The fourth-order valence-corrected chi connectivity index (χ4v) is 4.18. The monoisotopic (exact) mass is 334 g/mol. The molecule has 1 fully saturated rings. The van der Waals surface area contributed by atoms with Gasteiger partial charge in [-0.05, 0) is 48.4 Å². The van der Waals surface area contributed by atoms with E-state index >= 15 is 0 Å². The zero-order valence-electron chi connectivity index (χ0n) is 13.0. The number of fused-ring (bicyclic) bond motifs is 1. The van der Waals surface area contributed by atoms with Crippen molar-refractivity contribution in [1.82, 2.24) is 0 Å². The second kappa shape index (κ2) is 6.12. The minimum Gasteiger partial charge on any atom is -0.305 e. The van der Waals surface area contributed by atoms with Gasteiger partial charge in [0.25, 0.3) is 0 Å². The van der Waals surface area contributed by atoms with Crippen molar-refractivity contribution in [3.63, 3.8) is 0 Å². The minimum absolute atomic E-state index is 0.0713. The van der Waals surface area contributed by atoms with Crippen LogP contribution in [0.5, 0.6) is 0 Å². The van der Waals surface area contributed by atoms with Crippen molar-refractivity contribution in [2.75, 3.05) is 0 Å². The second-order valence-corrected chi connectivity index (χ2v) is 6.71. The molecule has 1 saturated carbocycles.